The van der Waals surface area contributed by atoms with Gasteiger partial charge in [-0.05, 0) is 55.2 Å². The van der Waals surface area contributed by atoms with Gasteiger partial charge in [-0.2, -0.15) is 0 Å². The molecule has 0 spiro atoms. The number of likely N-dealkylation sites (tertiary alicyclic amines) is 1. The molecule has 1 saturated heterocycles. The molecule has 1 fully saturated rings. The highest BCUT2D eigenvalue weighted by Gasteiger charge is 2.26. The monoisotopic (exact) mass is 432 g/mol. The fourth-order valence-corrected chi connectivity index (χ4v) is 4.52. The summed E-state index contributed by atoms with van der Waals surface area (Å²) in [5.74, 6) is 2.47. The average molecular weight is 433 g/mol. The number of amides is 1. The van der Waals surface area contributed by atoms with E-state index >= 15 is 0 Å². The molecule has 3 heterocycles. The van der Waals surface area contributed by atoms with Gasteiger partial charge < -0.3 is 14.2 Å². The summed E-state index contributed by atoms with van der Waals surface area (Å²) < 4.78 is 7.37. The molecule has 1 aliphatic rings. The van der Waals surface area contributed by atoms with E-state index in [0.717, 1.165) is 53.5 Å². The molecule has 1 aromatic carbocycles. The van der Waals surface area contributed by atoms with Crippen molar-refractivity contribution in [3.8, 4) is 16.9 Å². The zero-order chi connectivity index (χ0) is 22.7. The van der Waals surface area contributed by atoms with Gasteiger partial charge in [0.05, 0.1) is 7.11 Å². The highest BCUT2D eigenvalue weighted by molar-refractivity contribution is 5.76. The number of piperidine rings is 1. The lowest BCUT2D eigenvalue weighted by atomic mass is 9.92. The van der Waals surface area contributed by atoms with Gasteiger partial charge in [0.1, 0.15) is 18.1 Å². The van der Waals surface area contributed by atoms with Crippen molar-refractivity contribution in [3.63, 3.8) is 0 Å². The minimum Gasteiger partial charge on any atom is -0.497 e. The Kier molecular flexibility index (Phi) is 6.58. The molecule has 1 amide bonds. The summed E-state index contributed by atoms with van der Waals surface area (Å²) in [6.07, 6.45) is 5.71. The number of carbonyl (C=O) groups is 1. The van der Waals surface area contributed by atoms with Crippen molar-refractivity contribution in [2.24, 2.45) is 0 Å². The van der Waals surface area contributed by atoms with E-state index in [0.29, 0.717) is 19.0 Å². The Morgan fingerprint density at radius 1 is 1.22 bits per heavy atom. The van der Waals surface area contributed by atoms with Crippen molar-refractivity contribution in [1.29, 1.82) is 0 Å². The number of aromatic nitrogens is 3. The number of pyridine rings is 1. The molecule has 0 aliphatic carbocycles. The minimum absolute atomic E-state index is 0.148. The van der Waals surface area contributed by atoms with E-state index in [9.17, 15) is 4.79 Å². The summed E-state index contributed by atoms with van der Waals surface area (Å²) in [5, 5.41) is 0. The first-order valence-electron chi connectivity index (χ1n) is 11.4. The maximum absolute atomic E-state index is 13.1. The zero-order valence-corrected chi connectivity index (χ0v) is 19.4. The third kappa shape index (κ3) is 4.85. The SMILES string of the molecule is COc1cccc(-c2cc(C)nc(C3CCCN(C(=O)Cn4ccnc4C(C)C)C3)c2)c1. The second-order valence-electron chi connectivity index (χ2n) is 8.90. The van der Waals surface area contributed by atoms with E-state index in [-0.39, 0.29) is 11.8 Å². The molecule has 2 aromatic heterocycles. The number of hydrogen-bond donors (Lipinski definition) is 0. The first-order chi connectivity index (χ1) is 15.4. The second kappa shape index (κ2) is 9.55. The van der Waals surface area contributed by atoms with Crippen LogP contribution in [0.3, 0.4) is 0 Å². The van der Waals surface area contributed by atoms with Crippen LogP contribution in [0, 0.1) is 6.92 Å². The first kappa shape index (κ1) is 22.1. The van der Waals surface area contributed by atoms with Gasteiger partial charge in [-0.25, -0.2) is 4.98 Å². The van der Waals surface area contributed by atoms with Gasteiger partial charge >= 0.3 is 0 Å². The molecule has 1 unspecified atom stereocenters. The summed E-state index contributed by atoms with van der Waals surface area (Å²) in [6, 6.07) is 12.4. The molecule has 6 heteroatoms. The molecule has 1 atom stereocenters. The van der Waals surface area contributed by atoms with Gasteiger partial charge in [-0.15, -0.1) is 0 Å². The highest BCUT2D eigenvalue weighted by atomic mass is 16.5. The molecule has 0 bridgehead atoms. The predicted octanol–water partition coefficient (Wildman–Crippen LogP) is 4.79. The number of carbonyl (C=O) groups excluding carboxylic acids is 1. The highest BCUT2D eigenvalue weighted by Crippen LogP contribution is 2.31. The molecule has 6 nitrogen and oxygen atoms in total. The Labute approximate surface area is 190 Å². The quantitative estimate of drug-likeness (QED) is 0.562. The van der Waals surface area contributed by atoms with Crippen LogP contribution in [0.5, 0.6) is 5.75 Å². The molecule has 32 heavy (non-hydrogen) atoms. The van der Waals surface area contributed by atoms with E-state index < -0.39 is 0 Å². The number of hydrogen-bond acceptors (Lipinski definition) is 4. The van der Waals surface area contributed by atoms with Crippen molar-refractivity contribution >= 4 is 5.91 Å². The number of ether oxygens (including phenoxy) is 1. The number of benzene rings is 1. The van der Waals surface area contributed by atoms with Crippen molar-refractivity contribution in [3.05, 3.63) is 66.0 Å². The van der Waals surface area contributed by atoms with E-state index in [2.05, 4.69) is 37.0 Å². The number of methoxy groups -OCH3 is 1. The zero-order valence-electron chi connectivity index (χ0n) is 19.4. The van der Waals surface area contributed by atoms with Crippen LogP contribution in [-0.4, -0.2) is 45.5 Å². The largest absolute Gasteiger partial charge is 0.497 e. The summed E-state index contributed by atoms with van der Waals surface area (Å²) >= 11 is 0. The molecule has 0 saturated carbocycles. The number of rotatable bonds is 6. The molecular weight excluding hydrogens is 400 g/mol. The van der Waals surface area contributed by atoms with Gasteiger partial charge in [0.25, 0.3) is 0 Å². The van der Waals surface area contributed by atoms with Gasteiger partial charge in [-0.1, -0.05) is 26.0 Å². The van der Waals surface area contributed by atoms with Crippen LogP contribution < -0.4 is 4.74 Å². The topological polar surface area (TPSA) is 60.2 Å². The van der Waals surface area contributed by atoms with Crippen molar-refractivity contribution < 1.29 is 9.53 Å². The first-order valence-corrected chi connectivity index (χ1v) is 11.4. The maximum Gasteiger partial charge on any atom is 0.242 e. The average Bonchev–Trinajstić information content (AvgIpc) is 3.27. The Balaban J connectivity index is 1.52. The van der Waals surface area contributed by atoms with Gasteiger partial charge in [-0.3, -0.25) is 9.78 Å². The van der Waals surface area contributed by atoms with Crippen molar-refractivity contribution in [2.75, 3.05) is 20.2 Å². The van der Waals surface area contributed by atoms with Crippen LogP contribution in [0.1, 0.15) is 55.7 Å². The third-order valence-corrected chi connectivity index (χ3v) is 6.14. The van der Waals surface area contributed by atoms with Crippen LogP contribution in [-0.2, 0) is 11.3 Å². The van der Waals surface area contributed by atoms with E-state index in [4.69, 9.17) is 9.72 Å². The standard InChI is InChI=1S/C26H32N4O2/c1-18(2)26-27-10-12-30(26)17-25(31)29-11-6-8-21(16-29)24-15-22(13-19(3)28-24)20-7-5-9-23(14-20)32-4/h5,7,9-10,12-15,18,21H,6,8,11,16-17H2,1-4H3. The summed E-state index contributed by atoms with van der Waals surface area (Å²) in [5.41, 5.74) is 4.30. The predicted molar refractivity (Wildman–Crippen MR) is 126 cm³/mol. The third-order valence-electron chi connectivity index (χ3n) is 6.14. The van der Waals surface area contributed by atoms with Gasteiger partial charge in [0, 0.05) is 48.7 Å². The Morgan fingerprint density at radius 3 is 2.84 bits per heavy atom. The Bertz CT molecular complexity index is 1090. The minimum atomic E-state index is 0.148. The molecule has 3 aromatic rings. The molecule has 4 rings (SSSR count). The van der Waals surface area contributed by atoms with Crippen LogP contribution in [0.4, 0.5) is 0 Å². The molecule has 0 N–H and O–H groups in total. The Hall–Kier alpha value is -3.15. The fraction of sp³-hybridized carbons (Fsp3) is 0.423. The summed E-state index contributed by atoms with van der Waals surface area (Å²) in [4.78, 5) is 24.3. The van der Waals surface area contributed by atoms with Crippen LogP contribution in [0.15, 0.2) is 48.8 Å². The van der Waals surface area contributed by atoms with E-state index in [1.165, 1.54) is 0 Å². The van der Waals surface area contributed by atoms with Crippen molar-refractivity contribution in [1.82, 2.24) is 19.4 Å². The fourth-order valence-electron chi connectivity index (χ4n) is 4.52. The maximum atomic E-state index is 13.1. The molecule has 0 radical (unpaired) electrons. The second-order valence-corrected chi connectivity index (χ2v) is 8.90. The number of nitrogens with zero attached hydrogens (tertiary/aromatic N) is 4. The normalized spacial score (nSPS) is 16.4. The van der Waals surface area contributed by atoms with Crippen molar-refractivity contribution in [2.45, 2.75) is 52.0 Å². The lowest BCUT2D eigenvalue weighted by Gasteiger charge is -2.33. The smallest absolute Gasteiger partial charge is 0.242 e. The van der Waals surface area contributed by atoms with Crippen LogP contribution in [0.25, 0.3) is 11.1 Å². The summed E-state index contributed by atoms with van der Waals surface area (Å²) in [7, 11) is 1.68. The van der Waals surface area contributed by atoms with Gasteiger partial charge in [0.2, 0.25) is 5.91 Å². The number of aryl methyl sites for hydroxylation is 1. The molecule has 1 aliphatic heterocycles. The molecular formula is C26H32N4O2. The number of imidazole rings is 1. The lowest BCUT2D eigenvalue weighted by molar-refractivity contribution is -0.133. The van der Waals surface area contributed by atoms with Crippen LogP contribution >= 0.6 is 0 Å². The molecule has 168 valence electrons. The van der Waals surface area contributed by atoms with Gasteiger partial charge in [0.15, 0.2) is 0 Å². The van der Waals surface area contributed by atoms with Crippen LogP contribution in [0.2, 0.25) is 0 Å². The summed E-state index contributed by atoms with van der Waals surface area (Å²) in [6.45, 7) is 8.09. The Morgan fingerprint density at radius 2 is 2.06 bits per heavy atom. The van der Waals surface area contributed by atoms with E-state index in [1.54, 1.807) is 13.3 Å². The van der Waals surface area contributed by atoms with E-state index in [1.807, 2.05) is 40.8 Å². The lowest BCUT2D eigenvalue weighted by Crippen LogP contribution is -2.41.